The van der Waals surface area contributed by atoms with E-state index in [-0.39, 0.29) is 16.5 Å². The second-order valence-corrected chi connectivity index (χ2v) is 6.03. The van der Waals surface area contributed by atoms with Gasteiger partial charge in [0.15, 0.2) is 5.82 Å². The highest BCUT2D eigenvalue weighted by atomic mass is 79.9. The summed E-state index contributed by atoms with van der Waals surface area (Å²) in [6.45, 7) is 0. The summed E-state index contributed by atoms with van der Waals surface area (Å²) in [4.78, 5) is 7.72. The Hall–Kier alpha value is -1.71. The molecule has 0 saturated heterocycles. The number of hydrazine groups is 1. The number of nitrogen functional groups attached to an aromatic ring is 1. The molecule has 2 aromatic rings. The van der Waals surface area contributed by atoms with Crippen molar-refractivity contribution in [1.29, 1.82) is 0 Å². The molecule has 0 aromatic carbocycles. The van der Waals surface area contributed by atoms with E-state index in [1.165, 1.54) is 30.6 Å². The molecule has 0 unspecified atom stereocenters. The van der Waals surface area contributed by atoms with Gasteiger partial charge in [0.2, 0.25) is 0 Å². The Morgan fingerprint density at radius 3 is 2.63 bits per heavy atom. The van der Waals surface area contributed by atoms with Crippen molar-refractivity contribution in [3.05, 3.63) is 41.1 Å². The largest absolute Gasteiger partial charge is 0.307 e. The molecule has 4 N–H and O–H groups in total. The van der Waals surface area contributed by atoms with Gasteiger partial charge in [-0.1, -0.05) is 0 Å². The first-order chi connectivity index (χ1) is 9.03. The standard InChI is InChI=1S/C10H10BrN5O2S/c11-7-3-4-9(14-6-7)16-19(17,18)8-2-1-5-13-10(8)15-12/h1-6H,12H2,(H,13,15)(H,14,16). The number of hydrogen-bond donors (Lipinski definition) is 3. The number of rotatable bonds is 4. The van der Waals surface area contributed by atoms with Gasteiger partial charge in [-0.25, -0.2) is 24.2 Å². The molecule has 19 heavy (non-hydrogen) atoms. The van der Waals surface area contributed by atoms with Crippen LogP contribution in [0.15, 0.2) is 46.0 Å². The van der Waals surface area contributed by atoms with Gasteiger partial charge in [0, 0.05) is 16.9 Å². The molecule has 9 heteroatoms. The lowest BCUT2D eigenvalue weighted by Crippen LogP contribution is -2.18. The van der Waals surface area contributed by atoms with E-state index in [1.807, 2.05) is 0 Å². The molecule has 0 aliphatic carbocycles. The monoisotopic (exact) mass is 343 g/mol. The maximum absolute atomic E-state index is 12.2. The maximum Gasteiger partial charge on any atom is 0.266 e. The van der Waals surface area contributed by atoms with Gasteiger partial charge in [-0.05, 0) is 40.2 Å². The third-order valence-corrected chi connectivity index (χ3v) is 4.02. The van der Waals surface area contributed by atoms with E-state index in [0.717, 1.165) is 4.47 Å². The van der Waals surface area contributed by atoms with Crippen LogP contribution >= 0.6 is 15.9 Å². The molecule has 2 aromatic heterocycles. The topological polar surface area (TPSA) is 110 Å². The fourth-order valence-corrected chi connectivity index (χ4v) is 2.71. The van der Waals surface area contributed by atoms with Gasteiger partial charge in [-0.15, -0.1) is 0 Å². The summed E-state index contributed by atoms with van der Waals surface area (Å²) < 4.78 is 27.4. The summed E-state index contributed by atoms with van der Waals surface area (Å²) in [5, 5.41) is 0. The number of pyridine rings is 2. The lowest BCUT2D eigenvalue weighted by atomic mass is 10.5. The van der Waals surface area contributed by atoms with Crippen molar-refractivity contribution >= 4 is 37.6 Å². The number of halogens is 1. The number of hydrogen-bond acceptors (Lipinski definition) is 6. The number of nitrogens with two attached hydrogens (primary N) is 1. The maximum atomic E-state index is 12.2. The van der Waals surface area contributed by atoms with Crippen LogP contribution in [-0.2, 0) is 10.0 Å². The summed E-state index contributed by atoms with van der Waals surface area (Å²) in [6, 6.07) is 6.11. The molecule has 0 saturated carbocycles. The summed E-state index contributed by atoms with van der Waals surface area (Å²) in [6.07, 6.45) is 2.93. The first-order valence-corrected chi connectivity index (χ1v) is 7.36. The first-order valence-electron chi connectivity index (χ1n) is 5.09. The van der Waals surface area contributed by atoms with Crippen LogP contribution in [0.4, 0.5) is 11.6 Å². The van der Waals surface area contributed by atoms with Crippen molar-refractivity contribution in [3.8, 4) is 0 Å². The van der Waals surface area contributed by atoms with Crippen LogP contribution in [0.2, 0.25) is 0 Å². The van der Waals surface area contributed by atoms with Crippen LogP contribution in [0.5, 0.6) is 0 Å². The molecule has 0 aliphatic heterocycles. The van der Waals surface area contributed by atoms with Crippen LogP contribution in [0, 0.1) is 0 Å². The van der Waals surface area contributed by atoms with Crippen LogP contribution < -0.4 is 16.0 Å². The zero-order chi connectivity index (χ0) is 13.9. The third kappa shape index (κ3) is 3.19. The van der Waals surface area contributed by atoms with Crippen molar-refractivity contribution in [1.82, 2.24) is 9.97 Å². The van der Waals surface area contributed by atoms with Gasteiger partial charge in [0.05, 0.1) is 0 Å². The third-order valence-electron chi connectivity index (χ3n) is 2.16. The Morgan fingerprint density at radius 1 is 1.21 bits per heavy atom. The number of anilines is 2. The molecule has 0 radical (unpaired) electrons. The Labute approximate surface area is 118 Å². The fraction of sp³-hybridized carbons (Fsp3) is 0. The molecule has 7 nitrogen and oxygen atoms in total. The summed E-state index contributed by atoms with van der Waals surface area (Å²) >= 11 is 3.22. The molecule has 0 spiro atoms. The quantitative estimate of drug-likeness (QED) is 0.570. The van der Waals surface area contributed by atoms with Gasteiger partial charge >= 0.3 is 0 Å². The lowest BCUT2D eigenvalue weighted by molar-refractivity contribution is 0.601. The van der Waals surface area contributed by atoms with Gasteiger partial charge < -0.3 is 5.43 Å². The van der Waals surface area contributed by atoms with E-state index < -0.39 is 10.0 Å². The predicted molar refractivity (Wildman–Crippen MR) is 74.8 cm³/mol. The lowest BCUT2D eigenvalue weighted by Gasteiger charge is -2.10. The van der Waals surface area contributed by atoms with Crippen LogP contribution in [0.3, 0.4) is 0 Å². The van der Waals surface area contributed by atoms with Crippen molar-refractivity contribution in [2.45, 2.75) is 4.90 Å². The van der Waals surface area contributed by atoms with Crippen LogP contribution in [0.1, 0.15) is 0 Å². The normalized spacial score (nSPS) is 11.1. The minimum absolute atomic E-state index is 0.0535. The molecule has 0 fully saturated rings. The molecule has 0 amide bonds. The van der Waals surface area contributed by atoms with E-state index in [1.54, 1.807) is 6.07 Å². The molecule has 0 aliphatic rings. The van der Waals surface area contributed by atoms with Gasteiger partial charge in [0.1, 0.15) is 10.7 Å². The highest BCUT2D eigenvalue weighted by Gasteiger charge is 2.19. The molecule has 100 valence electrons. The fourth-order valence-electron chi connectivity index (χ4n) is 1.34. The number of aromatic nitrogens is 2. The van der Waals surface area contributed by atoms with Crippen LogP contribution in [0.25, 0.3) is 0 Å². The van der Waals surface area contributed by atoms with Crippen molar-refractivity contribution in [3.63, 3.8) is 0 Å². The van der Waals surface area contributed by atoms with E-state index in [4.69, 9.17) is 5.84 Å². The summed E-state index contributed by atoms with van der Waals surface area (Å²) in [7, 11) is -3.80. The molecule has 0 bridgehead atoms. The highest BCUT2D eigenvalue weighted by Crippen LogP contribution is 2.20. The molecular weight excluding hydrogens is 334 g/mol. The average Bonchev–Trinajstić information content (AvgIpc) is 2.41. The second kappa shape index (κ2) is 5.51. The zero-order valence-electron chi connectivity index (χ0n) is 9.54. The summed E-state index contributed by atoms with van der Waals surface area (Å²) in [5.74, 6) is 5.50. The minimum Gasteiger partial charge on any atom is -0.307 e. The van der Waals surface area contributed by atoms with E-state index in [2.05, 4.69) is 36.0 Å². The minimum atomic E-state index is -3.80. The van der Waals surface area contributed by atoms with Gasteiger partial charge in [-0.3, -0.25) is 4.72 Å². The Kier molecular flexibility index (Phi) is 3.98. The van der Waals surface area contributed by atoms with E-state index in [0.29, 0.717) is 0 Å². The average molecular weight is 344 g/mol. The Balaban J connectivity index is 2.35. The Bertz CT molecular complexity index is 675. The van der Waals surface area contributed by atoms with Gasteiger partial charge in [-0.2, -0.15) is 0 Å². The molecule has 2 rings (SSSR count). The zero-order valence-corrected chi connectivity index (χ0v) is 11.9. The van der Waals surface area contributed by atoms with E-state index in [9.17, 15) is 8.42 Å². The molecule has 0 atom stereocenters. The Morgan fingerprint density at radius 2 is 2.00 bits per heavy atom. The van der Waals surface area contributed by atoms with Gasteiger partial charge in [0.25, 0.3) is 10.0 Å². The summed E-state index contributed by atoms with van der Waals surface area (Å²) in [5.41, 5.74) is 2.24. The van der Waals surface area contributed by atoms with E-state index >= 15 is 0 Å². The SMILES string of the molecule is NNc1ncccc1S(=O)(=O)Nc1ccc(Br)cn1. The molecular formula is C10H10BrN5O2S. The number of nitrogens with one attached hydrogen (secondary N) is 2. The number of sulfonamides is 1. The predicted octanol–water partition coefficient (Wildman–Crippen LogP) is 1.33. The second-order valence-electron chi connectivity index (χ2n) is 3.46. The number of nitrogens with zero attached hydrogens (tertiary/aromatic N) is 2. The van der Waals surface area contributed by atoms with Crippen molar-refractivity contribution in [2.75, 3.05) is 10.1 Å². The highest BCUT2D eigenvalue weighted by molar-refractivity contribution is 9.10. The van der Waals surface area contributed by atoms with Crippen LogP contribution in [-0.4, -0.2) is 18.4 Å². The van der Waals surface area contributed by atoms with Crippen molar-refractivity contribution < 1.29 is 8.42 Å². The van der Waals surface area contributed by atoms with Crippen molar-refractivity contribution in [2.24, 2.45) is 5.84 Å². The smallest absolute Gasteiger partial charge is 0.266 e. The molecule has 2 heterocycles. The first kappa shape index (κ1) is 13.7.